The number of aryl methyl sites for hydroxylation is 1. The molecule has 1 aromatic carbocycles. The molecule has 0 atom stereocenters. The van der Waals surface area contributed by atoms with Gasteiger partial charge in [0.2, 0.25) is 5.82 Å². The molecule has 0 fully saturated rings. The largest absolute Gasteiger partial charge is 0.352 e. The van der Waals surface area contributed by atoms with E-state index in [1.165, 1.54) is 11.7 Å². The number of hydrogen-bond donors (Lipinski definition) is 1. The molecule has 0 aliphatic carbocycles. The number of benzene rings is 1. The highest BCUT2D eigenvalue weighted by Gasteiger charge is 2.15. The number of halogens is 2. The highest BCUT2D eigenvalue weighted by Crippen LogP contribution is 2.24. The second-order valence-corrected chi connectivity index (χ2v) is 4.41. The Hall–Kier alpha value is -1.59. The predicted molar refractivity (Wildman–Crippen MR) is 69.5 cm³/mol. The van der Waals surface area contributed by atoms with E-state index in [0.29, 0.717) is 21.6 Å². The van der Waals surface area contributed by atoms with Gasteiger partial charge >= 0.3 is 0 Å². The smallest absolute Gasteiger partial charge is 0.290 e. The Balaban J connectivity index is 2.51. The second kappa shape index (κ2) is 4.96. The number of amides is 1. The summed E-state index contributed by atoms with van der Waals surface area (Å²) < 4.78 is 1.50. The average Bonchev–Trinajstić information content (AvgIpc) is 2.70. The highest BCUT2D eigenvalue weighted by molar-refractivity contribution is 6.35. The van der Waals surface area contributed by atoms with Gasteiger partial charge in [-0.15, -0.1) is 5.10 Å². The third-order valence-corrected chi connectivity index (χ3v) is 2.87. The molecule has 0 spiro atoms. The molecule has 0 saturated heterocycles. The summed E-state index contributed by atoms with van der Waals surface area (Å²) in [5.41, 5.74) is 0.626. The van der Waals surface area contributed by atoms with Crippen LogP contribution in [0.3, 0.4) is 0 Å². The fourth-order valence-corrected chi connectivity index (χ4v) is 1.97. The van der Waals surface area contributed by atoms with Crippen molar-refractivity contribution in [2.45, 2.75) is 6.92 Å². The molecule has 5 nitrogen and oxygen atoms in total. The van der Waals surface area contributed by atoms with Crippen LogP contribution in [0.5, 0.6) is 0 Å². The van der Waals surface area contributed by atoms with Crippen LogP contribution in [0.15, 0.2) is 18.2 Å². The van der Waals surface area contributed by atoms with E-state index in [1.54, 1.807) is 25.1 Å². The summed E-state index contributed by atoms with van der Waals surface area (Å²) in [5, 5.41) is 7.55. The van der Waals surface area contributed by atoms with Crippen molar-refractivity contribution < 1.29 is 4.79 Å². The Bertz CT molecular complexity index is 609. The summed E-state index contributed by atoms with van der Waals surface area (Å²) in [6, 6.07) is 5.03. The molecule has 2 aromatic rings. The number of nitrogens with zero attached hydrogens (tertiary/aromatic N) is 3. The SMILES string of the molecule is CNC(=O)c1nc(C)n(-c2ccc(Cl)cc2Cl)n1. The number of nitrogens with one attached hydrogen (secondary N) is 1. The van der Waals surface area contributed by atoms with Gasteiger partial charge in [-0.05, 0) is 25.1 Å². The van der Waals surface area contributed by atoms with Crippen molar-refractivity contribution in [2.75, 3.05) is 7.05 Å². The Morgan fingerprint density at radius 2 is 2.11 bits per heavy atom. The molecule has 2 rings (SSSR count). The first kappa shape index (κ1) is 12.9. The fraction of sp³-hybridized carbons (Fsp3) is 0.182. The molecule has 0 radical (unpaired) electrons. The lowest BCUT2D eigenvalue weighted by Gasteiger charge is -2.05. The quantitative estimate of drug-likeness (QED) is 0.920. The zero-order chi connectivity index (χ0) is 13.3. The predicted octanol–water partition coefficient (Wildman–Crippen LogP) is 2.24. The Morgan fingerprint density at radius 3 is 2.72 bits per heavy atom. The van der Waals surface area contributed by atoms with Crippen molar-refractivity contribution in [3.8, 4) is 5.69 Å². The molecular weight excluding hydrogens is 275 g/mol. The van der Waals surface area contributed by atoms with Crippen LogP contribution in [0.2, 0.25) is 10.0 Å². The normalized spacial score (nSPS) is 10.4. The molecule has 94 valence electrons. The summed E-state index contributed by atoms with van der Waals surface area (Å²) in [4.78, 5) is 15.5. The third kappa shape index (κ3) is 2.32. The lowest BCUT2D eigenvalue weighted by molar-refractivity contribution is 0.0953. The Labute approximate surface area is 114 Å². The van der Waals surface area contributed by atoms with Gasteiger partial charge in [0.25, 0.3) is 5.91 Å². The summed E-state index contributed by atoms with van der Waals surface area (Å²) in [6.45, 7) is 1.74. The van der Waals surface area contributed by atoms with Gasteiger partial charge in [0.05, 0.1) is 10.7 Å². The van der Waals surface area contributed by atoms with Gasteiger partial charge in [-0.1, -0.05) is 23.2 Å². The van der Waals surface area contributed by atoms with Crippen LogP contribution in [-0.4, -0.2) is 27.7 Å². The van der Waals surface area contributed by atoms with Gasteiger partial charge in [0.1, 0.15) is 5.82 Å². The van der Waals surface area contributed by atoms with Crippen LogP contribution in [0, 0.1) is 6.92 Å². The van der Waals surface area contributed by atoms with Crippen molar-refractivity contribution in [3.05, 3.63) is 39.9 Å². The number of aromatic nitrogens is 3. The first-order valence-corrected chi connectivity index (χ1v) is 5.89. The minimum Gasteiger partial charge on any atom is -0.352 e. The first-order chi connectivity index (χ1) is 8.52. The van der Waals surface area contributed by atoms with E-state index in [1.807, 2.05) is 0 Å². The monoisotopic (exact) mass is 284 g/mol. The first-order valence-electron chi connectivity index (χ1n) is 5.14. The zero-order valence-electron chi connectivity index (χ0n) is 9.74. The molecule has 1 amide bonds. The van der Waals surface area contributed by atoms with Crippen LogP contribution in [0.4, 0.5) is 0 Å². The molecule has 7 heteroatoms. The van der Waals surface area contributed by atoms with E-state index < -0.39 is 0 Å². The van der Waals surface area contributed by atoms with Crippen LogP contribution in [0.25, 0.3) is 5.69 Å². The molecule has 0 aliphatic rings. The van der Waals surface area contributed by atoms with Crippen molar-refractivity contribution >= 4 is 29.1 Å². The Morgan fingerprint density at radius 1 is 1.39 bits per heavy atom. The van der Waals surface area contributed by atoms with Crippen LogP contribution in [-0.2, 0) is 0 Å². The topological polar surface area (TPSA) is 59.8 Å². The van der Waals surface area contributed by atoms with Crippen LogP contribution < -0.4 is 5.32 Å². The maximum atomic E-state index is 11.4. The fourth-order valence-electron chi connectivity index (χ4n) is 1.48. The van der Waals surface area contributed by atoms with E-state index in [2.05, 4.69) is 15.4 Å². The van der Waals surface area contributed by atoms with Crippen molar-refractivity contribution in [1.82, 2.24) is 20.1 Å². The lowest BCUT2D eigenvalue weighted by Crippen LogP contribution is -2.19. The molecule has 0 aliphatic heterocycles. The number of hydrogen-bond acceptors (Lipinski definition) is 3. The zero-order valence-corrected chi connectivity index (χ0v) is 11.2. The van der Waals surface area contributed by atoms with E-state index in [-0.39, 0.29) is 11.7 Å². The molecule has 18 heavy (non-hydrogen) atoms. The van der Waals surface area contributed by atoms with Gasteiger partial charge in [0, 0.05) is 12.1 Å². The molecule has 0 saturated carbocycles. The second-order valence-electron chi connectivity index (χ2n) is 3.57. The average molecular weight is 285 g/mol. The van der Waals surface area contributed by atoms with E-state index >= 15 is 0 Å². The van der Waals surface area contributed by atoms with Gasteiger partial charge in [0.15, 0.2) is 0 Å². The maximum absolute atomic E-state index is 11.4. The minimum absolute atomic E-state index is 0.0982. The third-order valence-electron chi connectivity index (χ3n) is 2.34. The van der Waals surface area contributed by atoms with Crippen molar-refractivity contribution in [1.29, 1.82) is 0 Å². The van der Waals surface area contributed by atoms with Gasteiger partial charge in [-0.3, -0.25) is 4.79 Å². The van der Waals surface area contributed by atoms with Crippen LogP contribution >= 0.6 is 23.2 Å². The summed E-state index contributed by atoms with van der Waals surface area (Å²) in [5.74, 6) is 0.320. The molecule has 1 aromatic heterocycles. The minimum atomic E-state index is -0.345. The standard InChI is InChI=1S/C11H10Cl2N4O/c1-6-15-10(11(18)14-2)16-17(6)9-4-3-7(12)5-8(9)13/h3-5H,1-2H3,(H,14,18). The Kier molecular flexibility index (Phi) is 3.54. The lowest BCUT2D eigenvalue weighted by atomic mass is 10.3. The van der Waals surface area contributed by atoms with Gasteiger partial charge in [-0.25, -0.2) is 9.67 Å². The number of carbonyl (C=O) groups excluding carboxylic acids is 1. The van der Waals surface area contributed by atoms with E-state index in [0.717, 1.165) is 0 Å². The van der Waals surface area contributed by atoms with Crippen LogP contribution in [0.1, 0.15) is 16.4 Å². The maximum Gasteiger partial charge on any atom is 0.290 e. The molecule has 0 bridgehead atoms. The summed E-state index contributed by atoms with van der Waals surface area (Å²) in [7, 11) is 1.52. The number of carbonyl (C=O) groups is 1. The highest BCUT2D eigenvalue weighted by atomic mass is 35.5. The molecule has 1 N–H and O–H groups in total. The summed E-state index contributed by atoms with van der Waals surface area (Å²) >= 11 is 11.9. The van der Waals surface area contributed by atoms with Crippen molar-refractivity contribution in [2.24, 2.45) is 0 Å². The van der Waals surface area contributed by atoms with E-state index in [4.69, 9.17) is 23.2 Å². The van der Waals surface area contributed by atoms with Gasteiger partial charge < -0.3 is 5.32 Å². The van der Waals surface area contributed by atoms with Gasteiger partial charge in [-0.2, -0.15) is 0 Å². The molecular formula is C11H10Cl2N4O. The number of rotatable bonds is 2. The molecule has 1 heterocycles. The van der Waals surface area contributed by atoms with Crippen molar-refractivity contribution in [3.63, 3.8) is 0 Å². The molecule has 0 unspecified atom stereocenters. The van der Waals surface area contributed by atoms with E-state index in [9.17, 15) is 4.79 Å². The summed E-state index contributed by atoms with van der Waals surface area (Å²) in [6.07, 6.45) is 0.